The maximum absolute atomic E-state index is 4.37. The highest BCUT2D eigenvalue weighted by Crippen LogP contribution is 2.19. The van der Waals surface area contributed by atoms with E-state index in [2.05, 4.69) is 52.1 Å². The Kier molecular flexibility index (Phi) is 3.59. The topological polar surface area (TPSA) is 38.1 Å². The Labute approximate surface area is 124 Å². The van der Waals surface area contributed by atoms with E-state index in [1.165, 1.54) is 5.56 Å². The minimum absolute atomic E-state index is 0.700. The van der Waals surface area contributed by atoms with Gasteiger partial charge in [0.05, 0.1) is 5.69 Å². The van der Waals surface area contributed by atoms with E-state index in [9.17, 15) is 0 Å². The minimum atomic E-state index is 0.700. The summed E-state index contributed by atoms with van der Waals surface area (Å²) in [5.74, 6) is 0. The molecule has 0 aliphatic carbocycles. The molecule has 21 heavy (non-hydrogen) atoms. The lowest BCUT2D eigenvalue weighted by molar-refractivity contribution is 1.01. The number of allylic oxidation sites excluding steroid dienone is 3. The Morgan fingerprint density at radius 1 is 0.857 bits per heavy atom. The van der Waals surface area contributed by atoms with Crippen LogP contribution in [-0.4, -0.2) is 16.4 Å². The van der Waals surface area contributed by atoms with E-state index in [0.29, 0.717) is 5.70 Å². The fourth-order valence-corrected chi connectivity index (χ4v) is 1.98. The summed E-state index contributed by atoms with van der Waals surface area (Å²) in [5.41, 5.74) is 8.77. The minimum Gasteiger partial charge on any atom is -0.246 e. The molecule has 1 aliphatic rings. The highest BCUT2D eigenvalue weighted by atomic mass is 15.1. The first-order valence-corrected chi connectivity index (χ1v) is 6.81. The zero-order chi connectivity index (χ0) is 14.7. The van der Waals surface area contributed by atoms with Gasteiger partial charge in [-0.1, -0.05) is 35.6 Å². The molecule has 2 heterocycles. The van der Waals surface area contributed by atoms with Gasteiger partial charge in [-0.2, -0.15) is 0 Å². The summed E-state index contributed by atoms with van der Waals surface area (Å²) in [6.45, 7) is 4.06. The van der Waals surface area contributed by atoms with Crippen LogP contribution in [0.2, 0.25) is 0 Å². The number of aliphatic imine (C=N–C) groups is 1. The largest absolute Gasteiger partial charge is 0.246 e. The van der Waals surface area contributed by atoms with Crippen molar-refractivity contribution in [1.29, 1.82) is 0 Å². The first kappa shape index (κ1) is 13.2. The van der Waals surface area contributed by atoms with Crippen LogP contribution in [0.25, 0.3) is 17.0 Å². The Hall–Kier alpha value is -2.77. The van der Waals surface area contributed by atoms with Crippen LogP contribution in [-0.2, 0) is 0 Å². The van der Waals surface area contributed by atoms with Crippen LogP contribution in [0.5, 0.6) is 0 Å². The third kappa shape index (κ3) is 3.04. The predicted octanol–water partition coefficient (Wildman–Crippen LogP) is 3.98. The summed E-state index contributed by atoms with van der Waals surface area (Å²) in [5, 5.41) is 8.55. The highest BCUT2D eigenvalue weighted by Gasteiger charge is 2.05. The Morgan fingerprint density at radius 3 is 2.29 bits per heavy atom. The van der Waals surface area contributed by atoms with E-state index >= 15 is 0 Å². The first-order chi connectivity index (χ1) is 10.2. The van der Waals surface area contributed by atoms with E-state index < -0.39 is 0 Å². The van der Waals surface area contributed by atoms with Crippen molar-refractivity contribution in [2.45, 2.75) is 13.8 Å². The normalized spacial score (nSPS) is 13.6. The Bertz CT molecular complexity index is 772. The van der Waals surface area contributed by atoms with Crippen LogP contribution < -0.4 is 0 Å². The fourth-order valence-electron chi connectivity index (χ4n) is 1.98. The van der Waals surface area contributed by atoms with Crippen molar-refractivity contribution in [3.8, 4) is 11.3 Å². The molecule has 0 spiro atoms. The second-order valence-corrected chi connectivity index (χ2v) is 5.00. The molecule has 1 aromatic carbocycles. The lowest BCUT2D eigenvalue weighted by Gasteiger charge is -2.02. The third-order valence-corrected chi connectivity index (χ3v) is 3.22. The van der Waals surface area contributed by atoms with Gasteiger partial charge in [-0.3, -0.25) is 0 Å². The summed E-state index contributed by atoms with van der Waals surface area (Å²) in [4.78, 5) is 4.37. The molecule has 0 unspecified atom stereocenters. The second kappa shape index (κ2) is 5.70. The van der Waals surface area contributed by atoms with Crippen LogP contribution in [0.3, 0.4) is 0 Å². The van der Waals surface area contributed by atoms with Gasteiger partial charge in [0, 0.05) is 11.8 Å². The fraction of sp³-hybridized carbons (Fsp3) is 0.111. The SMILES string of the molecule is CC1=CC=C=C(c2ccc(-c3ccc(C)cc3)nn2)N=C1. The molecule has 1 aromatic heterocycles. The molecular formula is C18H15N3. The molecule has 102 valence electrons. The molecule has 0 radical (unpaired) electrons. The number of hydrogen-bond donors (Lipinski definition) is 0. The van der Waals surface area contributed by atoms with Crippen molar-refractivity contribution >= 4 is 11.9 Å². The van der Waals surface area contributed by atoms with Crippen LogP contribution in [0.1, 0.15) is 18.2 Å². The molecule has 0 atom stereocenters. The zero-order valence-corrected chi connectivity index (χ0v) is 12.0. The summed E-state index contributed by atoms with van der Waals surface area (Å²) < 4.78 is 0. The van der Waals surface area contributed by atoms with Crippen LogP contribution >= 0.6 is 0 Å². The van der Waals surface area contributed by atoms with E-state index in [-0.39, 0.29) is 0 Å². The van der Waals surface area contributed by atoms with Gasteiger partial charge in [-0.15, -0.1) is 10.2 Å². The highest BCUT2D eigenvalue weighted by molar-refractivity contribution is 5.85. The summed E-state index contributed by atoms with van der Waals surface area (Å²) >= 11 is 0. The molecule has 3 heteroatoms. The van der Waals surface area contributed by atoms with Crippen molar-refractivity contribution in [1.82, 2.24) is 10.2 Å². The molecule has 2 aromatic rings. The van der Waals surface area contributed by atoms with Gasteiger partial charge in [0.1, 0.15) is 11.4 Å². The van der Waals surface area contributed by atoms with Gasteiger partial charge in [0.2, 0.25) is 0 Å². The molecule has 0 saturated carbocycles. The number of hydrogen-bond acceptors (Lipinski definition) is 3. The van der Waals surface area contributed by atoms with Crippen LogP contribution in [0.15, 0.2) is 64.8 Å². The van der Waals surface area contributed by atoms with Gasteiger partial charge in [0.25, 0.3) is 0 Å². The van der Waals surface area contributed by atoms with Gasteiger partial charge in [-0.25, -0.2) is 4.99 Å². The average Bonchev–Trinajstić information content (AvgIpc) is 2.73. The summed E-state index contributed by atoms with van der Waals surface area (Å²) in [7, 11) is 0. The number of rotatable bonds is 2. The standard InChI is InChI=1S/C18H15N3/c1-13-6-8-15(9-7-13)16-10-11-18(21-20-16)17-5-3-4-14(2)12-19-17/h3-4,6-12H,1-2H3. The predicted molar refractivity (Wildman–Crippen MR) is 85.9 cm³/mol. The molecular weight excluding hydrogens is 258 g/mol. The quantitative estimate of drug-likeness (QED) is 0.776. The number of benzene rings is 1. The molecule has 0 N–H and O–H groups in total. The van der Waals surface area contributed by atoms with E-state index in [4.69, 9.17) is 0 Å². The lowest BCUT2D eigenvalue weighted by atomic mass is 10.1. The molecule has 0 fully saturated rings. The molecule has 3 nitrogen and oxygen atoms in total. The van der Waals surface area contributed by atoms with Gasteiger partial charge >= 0.3 is 0 Å². The van der Waals surface area contributed by atoms with E-state index in [1.54, 1.807) is 6.21 Å². The Morgan fingerprint density at radius 2 is 1.57 bits per heavy atom. The second-order valence-electron chi connectivity index (χ2n) is 5.00. The number of aryl methyl sites for hydroxylation is 1. The van der Waals surface area contributed by atoms with Gasteiger partial charge in [0.15, 0.2) is 0 Å². The Balaban J connectivity index is 1.90. The molecule has 1 aliphatic heterocycles. The number of nitrogens with zero attached hydrogens (tertiary/aromatic N) is 3. The van der Waals surface area contributed by atoms with Crippen molar-refractivity contribution in [3.63, 3.8) is 0 Å². The zero-order valence-electron chi connectivity index (χ0n) is 12.0. The number of aromatic nitrogens is 2. The summed E-state index contributed by atoms with van der Waals surface area (Å²) in [6, 6.07) is 12.1. The van der Waals surface area contributed by atoms with E-state index in [0.717, 1.165) is 22.5 Å². The van der Waals surface area contributed by atoms with Gasteiger partial charge < -0.3 is 0 Å². The van der Waals surface area contributed by atoms with Crippen molar-refractivity contribution < 1.29 is 0 Å². The molecule has 0 bridgehead atoms. The summed E-state index contributed by atoms with van der Waals surface area (Å²) in [6.07, 6.45) is 5.62. The first-order valence-electron chi connectivity index (χ1n) is 6.81. The monoisotopic (exact) mass is 273 g/mol. The molecule has 0 saturated heterocycles. The van der Waals surface area contributed by atoms with Crippen molar-refractivity contribution in [3.05, 3.63) is 71.1 Å². The average molecular weight is 273 g/mol. The molecule has 3 rings (SSSR count). The van der Waals surface area contributed by atoms with Gasteiger partial charge in [-0.05, 0) is 43.7 Å². The third-order valence-electron chi connectivity index (χ3n) is 3.22. The lowest BCUT2D eigenvalue weighted by Crippen LogP contribution is -1.93. The van der Waals surface area contributed by atoms with Crippen molar-refractivity contribution in [2.75, 3.05) is 0 Å². The van der Waals surface area contributed by atoms with Crippen LogP contribution in [0.4, 0.5) is 0 Å². The molecule has 0 amide bonds. The smallest absolute Gasteiger partial charge is 0.132 e. The maximum Gasteiger partial charge on any atom is 0.132 e. The van der Waals surface area contributed by atoms with E-state index in [1.807, 2.05) is 31.2 Å². The van der Waals surface area contributed by atoms with Crippen LogP contribution in [0, 0.1) is 6.92 Å². The van der Waals surface area contributed by atoms with Crippen molar-refractivity contribution in [2.24, 2.45) is 4.99 Å². The maximum atomic E-state index is 4.37.